The number of unbranched alkanes of at least 4 members (excludes halogenated alkanes) is 1. The van der Waals surface area contributed by atoms with E-state index in [0.717, 1.165) is 34.8 Å². The van der Waals surface area contributed by atoms with Crippen molar-refractivity contribution in [3.63, 3.8) is 0 Å². The van der Waals surface area contributed by atoms with E-state index in [9.17, 15) is 9.59 Å². The molecule has 0 radical (unpaired) electrons. The molecule has 0 saturated heterocycles. The minimum Gasteiger partial charge on any atom is -0.479 e. The number of nitrogens with zero attached hydrogens (tertiary/aromatic N) is 3. The van der Waals surface area contributed by atoms with Gasteiger partial charge in [-0.15, -0.1) is 11.3 Å². The molecule has 160 valence electrons. The predicted octanol–water partition coefficient (Wildman–Crippen LogP) is 3.90. The molecule has 1 N–H and O–H groups in total. The Morgan fingerprint density at radius 1 is 1.26 bits per heavy atom. The fourth-order valence-corrected chi connectivity index (χ4v) is 4.15. The van der Waals surface area contributed by atoms with Crippen LogP contribution in [-0.2, 0) is 9.59 Å². The number of carbonyl (C=O) groups is 2. The summed E-state index contributed by atoms with van der Waals surface area (Å²) in [5.41, 5.74) is 3.03. The molecule has 1 aliphatic rings. The molecule has 3 heterocycles. The van der Waals surface area contributed by atoms with Gasteiger partial charge in [-0.2, -0.15) is 0 Å². The van der Waals surface area contributed by atoms with Crippen LogP contribution < -0.4 is 15.0 Å². The molecule has 1 atom stereocenters. The first-order valence-electron chi connectivity index (χ1n) is 10.3. The Balaban J connectivity index is 1.61. The molecule has 0 spiro atoms. The zero-order valence-electron chi connectivity index (χ0n) is 17.5. The van der Waals surface area contributed by atoms with Crippen LogP contribution in [0.4, 0.5) is 5.69 Å². The fourth-order valence-electron chi connectivity index (χ4n) is 3.35. The number of anilines is 1. The van der Waals surface area contributed by atoms with E-state index in [4.69, 9.17) is 9.72 Å². The molecule has 4 rings (SSSR count). The van der Waals surface area contributed by atoms with Gasteiger partial charge in [-0.1, -0.05) is 19.4 Å². The van der Waals surface area contributed by atoms with Gasteiger partial charge >= 0.3 is 0 Å². The summed E-state index contributed by atoms with van der Waals surface area (Å²) in [4.78, 5) is 35.7. The van der Waals surface area contributed by atoms with Crippen LogP contribution in [0, 0.1) is 0 Å². The maximum absolute atomic E-state index is 12.8. The van der Waals surface area contributed by atoms with Gasteiger partial charge in [0.2, 0.25) is 5.91 Å². The third kappa shape index (κ3) is 4.59. The van der Waals surface area contributed by atoms with E-state index in [1.165, 1.54) is 16.2 Å². The predicted molar refractivity (Wildman–Crippen MR) is 121 cm³/mol. The van der Waals surface area contributed by atoms with Crippen LogP contribution in [0.2, 0.25) is 0 Å². The number of amides is 2. The zero-order chi connectivity index (χ0) is 21.8. The maximum atomic E-state index is 12.8. The average Bonchev–Trinajstić information content (AvgIpc) is 3.28. The van der Waals surface area contributed by atoms with Crippen molar-refractivity contribution < 1.29 is 14.3 Å². The van der Waals surface area contributed by atoms with Gasteiger partial charge in [0.25, 0.3) is 5.91 Å². The number of fused-ring (bicyclic) bond motifs is 1. The molecule has 1 aliphatic heterocycles. The topological polar surface area (TPSA) is 84.4 Å². The third-order valence-corrected chi connectivity index (χ3v) is 5.87. The zero-order valence-corrected chi connectivity index (χ0v) is 18.3. The summed E-state index contributed by atoms with van der Waals surface area (Å²) in [6.07, 6.45) is 3.00. The van der Waals surface area contributed by atoms with Gasteiger partial charge in [-0.05, 0) is 43.7 Å². The highest BCUT2D eigenvalue weighted by molar-refractivity contribution is 7.13. The molecule has 0 fully saturated rings. The van der Waals surface area contributed by atoms with Gasteiger partial charge in [0.1, 0.15) is 17.3 Å². The van der Waals surface area contributed by atoms with Gasteiger partial charge in [-0.3, -0.25) is 19.5 Å². The Morgan fingerprint density at radius 2 is 2.13 bits per heavy atom. The molecule has 0 saturated carbocycles. The standard InChI is InChI=1S/C23H24N4O3S/c1-3-4-10-25-21(28)13-27-19-12-16(8-9-20(19)30-15(2)23(27)29)18-14-31-22(26-18)17-7-5-6-11-24-17/h5-9,11-12,14-15H,3-4,10,13H2,1-2H3,(H,25,28). The number of carbonyl (C=O) groups excluding carboxylic acids is 2. The molecular formula is C23H24N4O3S. The number of benzene rings is 1. The summed E-state index contributed by atoms with van der Waals surface area (Å²) < 4.78 is 5.77. The number of thiazole rings is 1. The van der Waals surface area contributed by atoms with Gasteiger partial charge in [0, 0.05) is 23.7 Å². The third-order valence-electron chi connectivity index (χ3n) is 5.01. The van der Waals surface area contributed by atoms with Crippen LogP contribution in [0.5, 0.6) is 5.75 Å². The lowest BCUT2D eigenvalue weighted by molar-refractivity contribution is -0.128. The van der Waals surface area contributed by atoms with Crippen LogP contribution in [0.1, 0.15) is 26.7 Å². The minimum absolute atomic E-state index is 0.0387. The average molecular weight is 437 g/mol. The number of nitrogens with one attached hydrogen (secondary N) is 1. The van der Waals surface area contributed by atoms with Crippen LogP contribution in [0.15, 0.2) is 48.0 Å². The van der Waals surface area contributed by atoms with E-state index in [1.54, 1.807) is 13.1 Å². The van der Waals surface area contributed by atoms with Crippen molar-refractivity contribution in [1.82, 2.24) is 15.3 Å². The van der Waals surface area contributed by atoms with E-state index in [0.29, 0.717) is 18.0 Å². The number of hydrogen-bond acceptors (Lipinski definition) is 6. The normalized spacial score (nSPS) is 15.4. The summed E-state index contributed by atoms with van der Waals surface area (Å²) >= 11 is 1.51. The van der Waals surface area contributed by atoms with E-state index < -0.39 is 6.10 Å². The smallest absolute Gasteiger partial charge is 0.268 e. The van der Waals surface area contributed by atoms with E-state index in [-0.39, 0.29) is 18.4 Å². The minimum atomic E-state index is -0.642. The Labute approximate surface area is 185 Å². The Morgan fingerprint density at radius 3 is 2.90 bits per heavy atom. The largest absolute Gasteiger partial charge is 0.479 e. The first-order valence-corrected chi connectivity index (χ1v) is 11.2. The molecule has 0 bridgehead atoms. The van der Waals surface area contributed by atoms with E-state index >= 15 is 0 Å². The van der Waals surface area contributed by atoms with Crippen LogP contribution >= 0.6 is 11.3 Å². The number of aromatic nitrogens is 2. The van der Waals surface area contributed by atoms with Crippen LogP contribution in [0.3, 0.4) is 0 Å². The Hall–Kier alpha value is -3.26. The summed E-state index contributed by atoms with van der Waals surface area (Å²) in [5.74, 6) is 0.165. The molecule has 7 nitrogen and oxygen atoms in total. The van der Waals surface area contributed by atoms with Crippen LogP contribution in [-0.4, -0.2) is 41.0 Å². The van der Waals surface area contributed by atoms with Crippen molar-refractivity contribution in [3.8, 4) is 27.7 Å². The maximum Gasteiger partial charge on any atom is 0.268 e. The lowest BCUT2D eigenvalue weighted by Crippen LogP contribution is -2.48. The molecule has 1 unspecified atom stereocenters. The van der Waals surface area contributed by atoms with Gasteiger partial charge < -0.3 is 10.1 Å². The molecule has 2 aromatic heterocycles. The highest BCUT2D eigenvalue weighted by atomic mass is 32.1. The molecular weight excluding hydrogens is 412 g/mol. The number of hydrogen-bond donors (Lipinski definition) is 1. The first kappa shape index (κ1) is 21.0. The monoisotopic (exact) mass is 436 g/mol. The van der Waals surface area contributed by atoms with Crippen molar-refractivity contribution in [1.29, 1.82) is 0 Å². The molecule has 1 aromatic carbocycles. The Kier molecular flexibility index (Phi) is 6.27. The van der Waals surface area contributed by atoms with Gasteiger partial charge in [-0.25, -0.2) is 4.98 Å². The highest BCUT2D eigenvalue weighted by Crippen LogP contribution is 2.38. The lowest BCUT2D eigenvalue weighted by atomic mass is 10.1. The number of ether oxygens (including phenoxy) is 1. The van der Waals surface area contributed by atoms with Gasteiger partial charge in [0.05, 0.1) is 17.1 Å². The second kappa shape index (κ2) is 9.26. The van der Waals surface area contributed by atoms with Crippen molar-refractivity contribution in [2.24, 2.45) is 0 Å². The first-order chi connectivity index (χ1) is 15.1. The molecule has 3 aromatic rings. The van der Waals surface area contributed by atoms with Crippen LogP contribution in [0.25, 0.3) is 22.0 Å². The van der Waals surface area contributed by atoms with E-state index in [1.807, 2.05) is 41.8 Å². The van der Waals surface area contributed by atoms with Crippen molar-refractivity contribution in [2.45, 2.75) is 32.8 Å². The quantitative estimate of drug-likeness (QED) is 0.568. The SMILES string of the molecule is CCCCNC(=O)CN1C(=O)C(C)Oc2ccc(-c3csc(-c4ccccn4)n3)cc21. The summed E-state index contributed by atoms with van der Waals surface area (Å²) in [7, 11) is 0. The molecule has 0 aliphatic carbocycles. The van der Waals surface area contributed by atoms with Crippen molar-refractivity contribution in [2.75, 3.05) is 18.0 Å². The summed E-state index contributed by atoms with van der Waals surface area (Å²) in [6, 6.07) is 11.3. The second-order valence-corrected chi connectivity index (χ2v) is 8.18. The molecule has 8 heteroatoms. The molecule has 31 heavy (non-hydrogen) atoms. The highest BCUT2D eigenvalue weighted by Gasteiger charge is 2.33. The van der Waals surface area contributed by atoms with Crippen molar-refractivity contribution in [3.05, 3.63) is 48.0 Å². The number of rotatable bonds is 7. The van der Waals surface area contributed by atoms with E-state index in [2.05, 4.69) is 17.2 Å². The molecule has 2 amide bonds. The second-order valence-electron chi connectivity index (χ2n) is 7.32. The summed E-state index contributed by atoms with van der Waals surface area (Å²) in [6.45, 7) is 4.32. The van der Waals surface area contributed by atoms with Crippen molar-refractivity contribution >= 4 is 28.8 Å². The lowest BCUT2D eigenvalue weighted by Gasteiger charge is -2.32. The van der Waals surface area contributed by atoms with Gasteiger partial charge in [0.15, 0.2) is 6.10 Å². The summed E-state index contributed by atoms with van der Waals surface area (Å²) in [5, 5.41) is 5.65. The number of pyridine rings is 1. The fraction of sp³-hybridized carbons (Fsp3) is 0.304. The Bertz CT molecular complexity index is 1080.